The molecule has 1 amide bonds. The molecule has 1 rings (SSSR count). The summed E-state index contributed by atoms with van der Waals surface area (Å²) in [6.07, 6.45) is 1.61. The Labute approximate surface area is 109 Å². The molecule has 100 valence electrons. The molecule has 0 aromatic carbocycles. The van der Waals surface area contributed by atoms with E-state index in [1.165, 1.54) is 0 Å². The summed E-state index contributed by atoms with van der Waals surface area (Å²) in [4.78, 5) is 19.6. The topological polar surface area (TPSA) is 48.5 Å². The minimum absolute atomic E-state index is 0.0280. The summed E-state index contributed by atoms with van der Waals surface area (Å²) in [6, 6.07) is 3.63. The van der Waals surface area contributed by atoms with Crippen LogP contribution in [-0.2, 0) is 0 Å². The Bertz CT molecular complexity index is 375. The van der Waals surface area contributed by atoms with Gasteiger partial charge < -0.3 is 15.1 Å². The van der Waals surface area contributed by atoms with E-state index in [-0.39, 0.29) is 5.91 Å². The van der Waals surface area contributed by atoms with Crippen molar-refractivity contribution in [3.8, 4) is 0 Å². The van der Waals surface area contributed by atoms with E-state index in [0.717, 1.165) is 25.5 Å². The van der Waals surface area contributed by atoms with Gasteiger partial charge in [0, 0.05) is 33.4 Å². The predicted molar refractivity (Wildman–Crippen MR) is 73.9 cm³/mol. The molecule has 0 unspecified atom stereocenters. The van der Waals surface area contributed by atoms with Crippen LogP contribution in [0.25, 0.3) is 0 Å². The van der Waals surface area contributed by atoms with Crippen molar-refractivity contribution in [1.29, 1.82) is 0 Å². The van der Waals surface area contributed by atoms with E-state index in [9.17, 15) is 4.79 Å². The normalized spacial score (nSPS) is 10.5. The Balaban J connectivity index is 2.48. The Morgan fingerprint density at radius 1 is 1.33 bits per heavy atom. The van der Waals surface area contributed by atoms with Gasteiger partial charge in [-0.15, -0.1) is 0 Å². The van der Waals surface area contributed by atoms with Crippen LogP contribution in [0.3, 0.4) is 0 Å². The molecular formula is C13H22N4O. The van der Waals surface area contributed by atoms with Crippen molar-refractivity contribution in [2.45, 2.75) is 6.92 Å². The summed E-state index contributed by atoms with van der Waals surface area (Å²) in [7, 11) is 5.54. The minimum Gasteiger partial charge on any atom is -0.369 e. The third-order valence-corrected chi connectivity index (χ3v) is 2.76. The number of hydrogen-bond donors (Lipinski definition) is 1. The molecule has 0 atom stereocenters. The van der Waals surface area contributed by atoms with Crippen LogP contribution in [0.1, 0.15) is 17.3 Å². The Kier molecular flexibility index (Phi) is 5.58. The molecule has 0 aliphatic heterocycles. The zero-order chi connectivity index (χ0) is 13.5. The number of carbonyl (C=O) groups is 1. The lowest BCUT2D eigenvalue weighted by Gasteiger charge is -2.14. The minimum atomic E-state index is -0.0280. The molecule has 1 heterocycles. The van der Waals surface area contributed by atoms with Crippen molar-refractivity contribution in [2.75, 3.05) is 46.1 Å². The molecule has 18 heavy (non-hydrogen) atoms. The van der Waals surface area contributed by atoms with Gasteiger partial charge >= 0.3 is 0 Å². The summed E-state index contributed by atoms with van der Waals surface area (Å²) in [6.45, 7) is 4.97. The lowest BCUT2D eigenvalue weighted by molar-refractivity contribution is 0.0827. The second-order valence-electron chi connectivity index (χ2n) is 4.45. The lowest BCUT2D eigenvalue weighted by atomic mass is 10.2. The molecule has 0 radical (unpaired) electrons. The largest absolute Gasteiger partial charge is 0.369 e. The SMILES string of the molecule is CCN(C)CCNc1ccc(C(=O)N(C)C)cn1. The van der Waals surface area contributed by atoms with Crippen LogP contribution in [0.5, 0.6) is 0 Å². The molecule has 0 fully saturated rings. The highest BCUT2D eigenvalue weighted by molar-refractivity contribution is 5.93. The molecule has 5 nitrogen and oxygen atoms in total. The van der Waals surface area contributed by atoms with Crippen LogP contribution in [-0.4, -0.2) is 61.5 Å². The van der Waals surface area contributed by atoms with Gasteiger partial charge in [-0.25, -0.2) is 4.98 Å². The third-order valence-electron chi connectivity index (χ3n) is 2.76. The summed E-state index contributed by atoms with van der Waals surface area (Å²) < 4.78 is 0. The molecule has 1 N–H and O–H groups in total. The van der Waals surface area contributed by atoms with Crippen molar-refractivity contribution >= 4 is 11.7 Å². The number of likely N-dealkylation sites (N-methyl/N-ethyl adjacent to an activating group) is 1. The van der Waals surface area contributed by atoms with E-state index in [1.807, 2.05) is 6.07 Å². The summed E-state index contributed by atoms with van der Waals surface area (Å²) in [5.41, 5.74) is 0.608. The average molecular weight is 250 g/mol. The fourth-order valence-corrected chi connectivity index (χ4v) is 1.42. The molecule has 0 aliphatic carbocycles. The smallest absolute Gasteiger partial charge is 0.254 e. The van der Waals surface area contributed by atoms with Gasteiger partial charge in [0.15, 0.2) is 0 Å². The highest BCUT2D eigenvalue weighted by Crippen LogP contribution is 2.06. The number of rotatable bonds is 6. The first-order chi connectivity index (χ1) is 8.54. The second-order valence-corrected chi connectivity index (χ2v) is 4.45. The summed E-state index contributed by atoms with van der Waals surface area (Å²) in [5.74, 6) is 0.773. The number of anilines is 1. The van der Waals surface area contributed by atoms with E-state index in [2.05, 4.69) is 29.2 Å². The van der Waals surface area contributed by atoms with E-state index < -0.39 is 0 Å². The molecular weight excluding hydrogens is 228 g/mol. The zero-order valence-corrected chi connectivity index (χ0v) is 11.6. The second kappa shape index (κ2) is 6.96. The number of hydrogen-bond acceptors (Lipinski definition) is 4. The van der Waals surface area contributed by atoms with Crippen molar-refractivity contribution in [2.24, 2.45) is 0 Å². The monoisotopic (exact) mass is 250 g/mol. The quantitative estimate of drug-likeness (QED) is 0.822. The number of pyridine rings is 1. The highest BCUT2D eigenvalue weighted by Gasteiger charge is 2.07. The molecule has 0 bridgehead atoms. The molecule has 1 aromatic rings. The molecule has 0 saturated heterocycles. The first kappa shape index (κ1) is 14.4. The first-order valence-corrected chi connectivity index (χ1v) is 6.14. The Morgan fingerprint density at radius 3 is 2.56 bits per heavy atom. The van der Waals surface area contributed by atoms with Gasteiger partial charge in [0.1, 0.15) is 5.82 Å². The number of carbonyl (C=O) groups excluding carboxylic acids is 1. The molecule has 0 saturated carbocycles. The maximum Gasteiger partial charge on any atom is 0.254 e. The van der Waals surface area contributed by atoms with Crippen molar-refractivity contribution in [3.63, 3.8) is 0 Å². The average Bonchev–Trinajstić information content (AvgIpc) is 2.38. The van der Waals surface area contributed by atoms with Gasteiger partial charge in [0.25, 0.3) is 5.91 Å². The Morgan fingerprint density at radius 2 is 2.06 bits per heavy atom. The Hall–Kier alpha value is -1.62. The van der Waals surface area contributed by atoms with Gasteiger partial charge in [0.2, 0.25) is 0 Å². The summed E-state index contributed by atoms with van der Waals surface area (Å²) in [5, 5.41) is 3.23. The van der Waals surface area contributed by atoms with E-state index in [4.69, 9.17) is 0 Å². The van der Waals surface area contributed by atoms with Crippen LogP contribution in [0.4, 0.5) is 5.82 Å². The van der Waals surface area contributed by atoms with Gasteiger partial charge in [-0.05, 0) is 25.7 Å². The fourth-order valence-electron chi connectivity index (χ4n) is 1.42. The van der Waals surface area contributed by atoms with E-state index in [0.29, 0.717) is 5.56 Å². The zero-order valence-electron chi connectivity index (χ0n) is 11.6. The van der Waals surface area contributed by atoms with Crippen molar-refractivity contribution < 1.29 is 4.79 Å². The van der Waals surface area contributed by atoms with Gasteiger partial charge in [-0.3, -0.25) is 4.79 Å². The number of nitrogens with zero attached hydrogens (tertiary/aromatic N) is 3. The van der Waals surface area contributed by atoms with Gasteiger partial charge in [0.05, 0.1) is 5.56 Å². The number of nitrogens with one attached hydrogen (secondary N) is 1. The first-order valence-electron chi connectivity index (χ1n) is 6.14. The highest BCUT2D eigenvalue weighted by atomic mass is 16.2. The molecule has 1 aromatic heterocycles. The fraction of sp³-hybridized carbons (Fsp3) is 0.538. The molecule has 0 spiro atoms. The lowest BCUT2D eigenvalue weighted by Crippen LogP contribution is -2.25. The maximum atomic E-state index is 11.7. The van der Waals surface area contributed by atoms with Gasteiger partial charge in [-0.2, -0.15) is 0 Å². The van der Waals surface area contributed by atoms with Crippen LogP contribution in [0, 0.1) is 0 Å². The predicted octanol–water partition coefficient (Wildman–Crippen LogP) is 1.15. The molecule has 0 aliphatic rings. The van der Waals surface area contributed by atoms with E-state index in [1.54, 1.807) is 31.3 Å². The van der Waals surface area contributed by atoms with Crippen LogP contribution >= 0.6 is 0 Å². The van der Waals surface area contributed by atoms with Crippen molar-refractivity contribution in [1.82, 2.24) is 14.8 Å². The standard InChI is InChI=1S/C13H22N4O/c1-5-17(4)9-8-14-12-7-6-11(10-15-12)13(18)16(2)3/h6-7,10H,5,8-9H2,1-4H3,(H,14,15). The van der Waals surface area contributed by atoms with Crippen LogP contribution in [0.2, 0.25) is 0 Å². The van der Waals surface area contributed by atoms with Crippen LogP contribution < -0.4 is 5.32 Å². The van der Waals surface area contributed by atoms with E-state index >= 15 is 0 Å². The van der Waals surface area contributed by atoms with Gasteiger partial charge in [-0.1, -0.05) is 6.92 Å². The molecule has 5 heteroatoms. The van der Waals surface area contributed by atoms with Crippen LogP contribution in [0.15, 0.2) is 18.3 Å². The number of amides is 1. The summed E-state index contributed by atoms with van der Waals surface area (Å²) >= 11 is 0. The number of aromatic nitrogens is 1. The third kappa shape index (κ3) is 4.33. The maximum absolute atomic E-state index is 11.7. The van der Waals surface area contributed by atoms with Crippen molar-refractivity contribution in [3.05, 3.63) is 23.9 Å².